The zero-order chi connectivity index (χ0) is 9.68. The van der Waals surface area contributed by atoms with Gasteiger partial charge in [0.15, 0.2) is 5.96 Å². The summed E-state index contributed by atoms with van der Waals surface area (Å²) in [6, 6.07) is 0. The van der Waals surface area contributed by atoms with E-state index in [2.05, 4.69) is 41.2 Å². The van der Waals surface area contributed by atoms with Crippen molar-refractivity contribution in [3.63, 3.8) is 0 Å². The van der Waals surface area contributed by atoms with E-state index in [1.165, 1.54) is 0 Å². The molecule has 1 heterocycles. The second-order valence-electron chi connectivity index (χ2n) is 3.50. The van der Waals surface area contributed by atoms with E-state index < -0.39 is 0 Å². The molecule has 0 aromatic carbocycles. The van der Waals surface area contributed by atoms with Crippen LogP contribution in [0.5, 0.6) is 0 Å². The minimum Gasteiger partial charge on any atom is -0.355 e. The third-order valence-corrected chi connectivity index (χ3v) is 1.82. The summed E-state index contributed by atoms with van der Waals surface area (Å²) >= 11 is 0. The van der Waals surface area contributed by atoms with Crippen molar-refractivity contribution in [1.29, 1.82) is 0 Å². The number of hydrogen-bond acceptors (Lipinski definition) is 4. The van der Waals surface area contributed by atoms with Crippen LogP contribution in [0.25, 0.3) is 0 Å². The molecule has 0 aromatic heterocycles. The fraction of sp³-hybridized carbons (Fsp3) is 0.667. The van der Waals surface area contributed by atoms with Crippen molar-refractivity contribution in [2.24, 2.45) is 4.99 Å². The molecular weight excluding hydrogens is 291 g/mol. The highest BCUT2D eigenvalue weighted by Gasteiger charge is 2.04. The van der Waals surface area contributed by atoms with Gasteiger partial charge in [-0.3, -0.25) is 0 Å². The first-order valence-electron chi connectivity index (χ1n) is 4.52. The van der Waals surface area contributed by atoms with Gasteiger partial charge in [-0.05, 0) is 19.7 Å². The zero-order valence-corrected chi connectivity index (χ0v) is 11.2. The molecule has 0 unspecified atom stereocenters. The van der Waals surface area contributed by atoms with E-state index in [4.69, 9.17) is 0 Å². The molecule has 5 heteroatoms. The molecule has 0 bridgehead atoms. The number of nitrogens with zero attached hydrogens (tertiary/aromatic N) is 2. The molecule has 0 saturated heterocycles. The summed E-state index contributed by atoms with van der Waals surface area (Å²) in [5, 5.41) is 6.39. The topological polar surface area (TPSA) is 39.7 Å². The predicted molar refractivity (Wildman–Crippen MR) is 71.4 cm³/mol. The Morgan fingerprint density at radius 1 is 1.57 bits per heavy atom. The van der Waals surface area contributed by atoms with E-state index in [9.17, 15) is 0 Å². The molecule has 1 aliphatic heterocycles. The summed E-state index contributed by atoms with van der Waals surface area (Å²) in [5.41, 5.74) is 1.14. The number of likely N-dealkylation sites (N-methyl/N-ethyl adjacent to an activating group) is 1. The van der Waals surface area contributed by atoms with Crippen LogP contribution in [0, 0.1) is 0 Å². The first-order valence-corrected chi connectivity index (χ1v) is 4.52. The lowest BCUT2D eigenvalue weighted by Gasteiger charge is -2.18. The highest BCUT2D eigenvalue weighted by molar-refractivity contribution is 14.0. The summed E-state index contributed by atoms with van der Waals surface area (Å²) < 4.78 is 0. The van der Waals surface area contributed by atoms with Crippen molar-refractivity contribution in [2.75, 3.05) is 40.3 Å². The molecule has 4 nitrogen and oxygen atoms in total. The van der Waals surface area contributed by atoms with Crippen LogP contribution < -0.4 is 10.6 Å². The van der Waals surface area contributed by atoms with Gasteiger partial charge in [0.2, 0.25) is 0 Å². The first kappa shape index (κ1) is 13.7. The van der Waals surface area contributed by atoms with E-state index in [0.717, 1.165) is 37.7 Å². The van der Waals surface area contributed by atoms with E-state index in [1.807, 2.05) is 0 Å². The van der Waals surface area contributed by atoms with Crippen LogP contribution in [-0.4, -0.2) is 51.1 Å². The largest absolute Gasteiger partial charge is 0.355 e. The monoisotopic (exact) mass is 310 g/mol. The Kier molecular flexibility index (Phi) is 6.90. The summed E-state index contributed by atoms with van der Waals surface area (Å²) in [7, 11) is 4.11. The third-order valence-electron chi connectivity index (χ3n) is 1.82. The normalized spacial score (nSPS) is 15.6. The molecule has 0 amide bonds. The van der Waals surface area contributed by atoms with Gasteiger partial charge in [-0.1, -0.05) is 6.58 Å². The Morgan fingerprint density at radius 2 is 2.29 bits per heavy atom. The number of rotatable bonds is 3. The van der Waals surface area contributed by atoms with E-state index >= 15 is 0 Å². The molecule has 0 aliphatic carbocycles. The molecule has 0 radical (unpaired) electrons. The summed E-state index contributed by atoms with van der Waals surface area (Å²) in [5.74, 6) is 0.897. The summed E-state index contributed by atoms with van der Waals surface area (Å²) in [4.78, 5) is 6.42. The lowest BCUT2D eigenvalue weighted by atomic mass is 10.3. The van der Waals surface area contributed by atoms with E-state index in [0.29, 0.717) is 0 Å². The van der Waals surface area contributed by atoms with Gasteiger partial charge in [0.25, 0.3) is 0 Å². The Balaban J connectivity index is 0.00000169. The number of nitrogens with one attached hydrogen (secondary N) is 2. The van der Waals surface area contributed by atoms with Gasteiger partial charge in [-0.2, -0.15) is 0 Å². The quantitative estimate of drug-likeness (QED) is 0.581. The Morgan fingerprint density at radius 3 is 2.79 bits per heavy atom. The zero-order valence-electron chi connectivity index (χ0n) is 8.84. The molecule has 82 valence electrons. The van der Waals surface area contributed by atoms with Crippen LogP contribution >= 0.6 is 24.0 Å². The number of guanidine groups is 1. The average molecular weight is 310 g/mol. The van der Waals surface area contributed by atoms with Crippen molar-refractivity contribution in [1.82, 2.24) is 15.5 Å². The van der Waals surface area contributed by atoms with Crippen LogP contribution in [0.1, 0.15) is 0 Å². The van der Waals surface area contributed by atoms with Crippen molar-refractivity contribution >= 4 is 29.9 Å². The smallest absolute Gasteiger partial charge is 0.191 e. The minimum atomic E-state index is 0. The molecule has 0 saturated carbocycles. The fourth-order valence-corrected chi connectivity index (χ4v) is 1.03. The fourth-order valence-electron chi connectivity index (χ4n) is 1.03. The maximum absolute atomic E-state index is 4.28. The number of halogens is 1. The van der Waals surface area contributed by atoms with Gasteiger partial charge >= 0.3 is 0 Å². The maximum Gasteiger partial charge on any atom is 0.191 e. The van der Waals surface area contributed by atoms with Crippen LogP contribution in [0.2, 0.25) is 0 Å². The van der Waals surface area contributed by atoms with Crippen LogP contribution in [0.3, 0.4) is 0 Å². The Bertz CT molecular complexity index is 213. The van der Waals surface area contributed by atoms with Crippen LogP contribution in [0.15, 0.2) is 17.1 Å². The second kappa shape index (κ2) is 7.05. The van der Waals surface area contributed by atoms with Gasteiger partial charge in [-0.15, -0.1) is 24.0 Å². The van der Waals surface area contributed by atoms with Gasteiger partial charge in [-0.25, -0.2) is 4.99 Å². The number of hydrogen-bond donors (Lipinski definition) is 2. The summed E-state index contributed by atoms with van der Waals surface area (Å²) in [6.45, 7) is 7.38. The molecular formula is C9H19IN4. The molecule has 1 aliphatic rings. The molecule has 14 heavy (non-hydrogen) atoms. The molecule has 0 fully saturated rings. The van der Waals surface area contributed by atoms with Crippen molar-refractivity contribution in [2.45, 2.75) is 0 Å². The van der Waals surface area contributed by atoms with E-state index in [-0.39, 0.29) is 24.0 Å². The van der Waals surface area contributed by atoms with Crippen molar-refractivity contribution in [3.8, 4) is 0 Å². The number of aliphatic imine (C=N–C) groups is 1. The third kappa shape index (κ3) is 5.43. The molecule has 1 rings (SSSR count). The lowest BCUT2D eigenvalue weighted by molar-refractivity contribution is 0.411. The first-order chi connectivity index (χ1) is 6.18. The highest BCUT2D eigenvalue weighted by atomic mass is 127. The van der Waals surface area contributed by atoms with Gasteiger partial charge in [0.1, 0.15) is 0 Å². The minimum absolute atomic E-state index is 0. The van der Waals surface area contributed by atoms with Gasteiger partial charge in [0, 0.05) is 19.6 Å². The average Bonchev–Trinajstić information content (AvgIpc) is 2.08. The van der Waals surface area contributed by atoms with Gasteiger partial charge < -0.3 is 15.5 Å². The molecule has 2 N–H and O–H groups in total. The molecule has 0 atom stereocenters. The van der Waals surface area contributed by atoms with Crippen LogP contribution in [0.4, 0.5) is 0 Å². The maximum atomic E-state index is 4.28. The van der Waals surface area contributed by atoms with E-state index in [1.54, 1.807) is 0 Å². The van der Waals surface area contributed by atoms with Crippen molar-refractivity contribution < 1.29 is 0 Å². The second-order valence-corrected chi connectivity index (χ2v) is 3.50. The standard InChI is InChI=1S/C9H18N4.HI/c1-8-6-11-9(12-7-8)10-4-5-13(2)3;/h1,4-7H2,2-3H3,(H2,10,11,12);1H. The lowest BCUT2D eigenvalue weighted by Crippen LogP contribution is -2.43. The Labute approximate surface area is 103 Å². The molecule has 0 spiro atoms. The Hall–Kier alpha value is -0.300. The predicted octanol–water partition coefficient (Wildman–Crippen LogP) is 0.271. The van der Waals surface area contributed by atoms with Crippen LogP contribution in [-0.2, 0) is 0 Å². The molecule has 0 aromatic rings. The summed E-state index contributed by atoms with van der Waals surface area (Å²) in [6.07, 6.45) is 0. The van der Waals surface area contributed by atoms with Gasteiger partial charge in [0.05, 0.1) is 6.54 Å². The highest BCUT2D eigenvalue weighted by Crippen LogP contribution is 1.93. The van der Waals surface area contributed by atoms with Crippen molar-refractivity contribution in [3.05, 3.63) is 12.2 Å². The SMILES string of the molecule is C=C1CN=C(NCCN(C)C)NC1.I.